The van der Waals surface area contributed by atoms with Crippen LogP contribution in [0.5, 0.6) is 0 Å². The Morgan fingerprint density at radius 1 is 1.09 bits per heavy atom. The van der Waals surface area contributed by atoms with Crippen LogP contribution in [-0.4, -0.2) is 39.6 Å². The third-order valence-electron chi connectivity index (χ3n) is 3.73. The van der Waals surface area contributed by atoms with E-state index in [9.17, 15) is 9.59 Å². The number of carbonyl (C=O) groups excluding carboxylic acids is 2. The summed E-state index contributed by atoms with van der Waals surface area (Å²) >= 11 is 0. The molecule has 1 saturated heterocycles. The average molecular weight is 298 g/mol. The van der Waals surface area contributed by atoms with E-state index in [-0.39, 0.29) is 11.8 Å². The molecule has 22 heavy (non-hydrogen) atoms. The fraction of sp³-hybridized carbons (Fsp3) is 0.312. The van der Waals surface area contributed by atoms with Crippen molar-refractivity contribution in [2.45, 2.75) is 12.8 Å². The Morgan fingerprint density at radius 3 is 2.36 bits per heavy atom. The molecule has 2 heterocycles. The summed E-state index contributed by atoms with van der Waals surface area (Å²) in [7, 11) is 1.76. The van der Waals surface area contributed by atoms with Gasteiger partial charge < -0.3 is 10.2 Å². The number of amides is 2. The second-order valence-electron chi connectivity index (χ2n) is 5.41. The van der Waals surface area contributed by atoms with Crippen LogP contribution in [0.2, 0.25) is 0 Å². The first-order chi connectivity index (χ1) is 10.6. The monoisotopic (exact) mass is 298 g/mol. The van der Waals surface area contributed by atoms with Crippen molar-refractivity contribution in [3.8, 4) is 0 Å². The molecule has 1 aromatic carbocycles. The van der Waals surface area contributed by atoms with Gasteiger partial charge in [-0.3, -0.25) is 14.3 Å². The van der Waals surface area contributed by atoms with Crippen molar-refractivity contribution in [2.75, 3.05) is 18.4 Å². The van der Waals surface area contributed by atoms with Crippen molar-refractivity contribution in [3.63, 3.8) is 0 Å². The van der Waals surface area contributed by atoms with E-state index in [2.05, 4.69) is 10.4 Å². The normalized spacial score (nSPS) is 14.1. The van der Waals surface area contributed by atoms with E-state index in [0.717, 1.165) is 25.9 Å². The number of likely N-dealkylation sites (tertiary alicyclic amines) is 1. The molecule has 3 rings (SSSR count). The second kappa shape index (κ2) is 6.01. The van der Waals surface area contributed by atoms with Gasteiger partial charge in [-0.15, -0.1) is 0 Å². The van der Waals surface area contributed by atoms with Crippen molar-refractivity contribution >= 4 is 17.5 Å². The third-order valence-corrected chi connectivity index (χ3v) is 3.73. The van der Waals surface area contributed by atoms with E-state index in [1.54, 1.807) is 48.3 Å². The first-order valence-electron chi connectivity index (χ1n) is 7.34. The van der Waals surface area contributed by atoms with Gasteiger partial charge in [-0.05, 0) is 43.2 Å². The summed E-state index contributed by atoms with van der Waals surface area (Å²) in [6.07, 6.45) is 3.86. The number of anilines is 1. The minimum absolute atomic E-state index is 0.0557. The minimum atomic E-state index is -0.265. The summed E-state index contributed by atoms with van der Waals surface area (Å²) in [4.78, 5) is 26.1. The lowest BCUT2D eigenvalue weighted by Gasteiger charge is -2.15. The summed E-state index contributed by atoms with van der Waals surface area (Å²) in [5.74, 6) is -0.209. The number of carbonyl (C=O) groups is 2. The Kier molecular flexibility index (Phi) is 3.91. The summed E-state index contributed by atoms with van der Waals surface area (Å²) in [6.45, 7) is 1.66. The van der Waals surface area contributed by atoms with Crippen LogP contribution < -0.4 is 5.32 Å². The number of hydrogen-bond acceptors (Lipinski definition) is 3. The predicted molar refractivity (Wildman–Crippen MR) is 82.7 cm³/mol. The molecular weight excluding hydrogens is 280 g/mol. The number of benzene rings is 1. The van der Waals surface area contributed by atoms with E-state index >= 15 is 0 Å². The fourth-order valence-corrected chi connectivity index (χ4v) is 2.53. The Morgan fingerprint density at radius 2 is 1.77 bits per heavy atom. The highest BCUT2D eigenvalue weighted by molar-refractivity contribution is 6.03. The van der Waals surface area contributed by atoms with Crippen LogP contribution >= 0.6 is 0 Å². The Balaban J connectivity index is 1.66. The Bertz CT molecular complexity index is 684. The van der Waals surface area contributed by atoms with Gasteiger partial charge in [-0.2, -0.15) is 5.10 Å². The van der Waals surface area contributed by atoms with Gasteiger partial charge in [0.2, 0.25) is 0 Å². The van der Waals surface area contributed by atoms with Crippen molar-refractivity contribution in [3.05, 3.63) is 47.8 Å². The first-order valence-corrected chi connectivity index (χ1v) is 7.34. The minimum Gasteiger partial charge on any atom is -0.339 e. The number of nitrogens with one attached hydrogen (secondary N) is 1. The maximum absolute atomic E-state index is 12.2. The number of aromatic nitrogens is 2. The Labute approximate surface area is 128 Å². The molecule has 6 nitrogen and oxygen atoms in total. The lowest BCUT2D eigenvalue weighted by Crippen LogP contribution is -2.27. The molecule has 1 fully saturated rings. The maximum Gasteiger partial charge on any atom is 0.276 e. The van der Waals surface area contributed by atoms with E-state index in [1.807, 2.05) is 4.90 Å². The van der Waals surface area contributed by atoms with Crippen molar-refractivity contribution in [1.82, 2.24) is 14.7 Å². The molecular formula is C16H18N4O2. The average Bonchev–Trinajstić information content (AvgIpc) is 3.18. The van der Waals surface area contributed by atoms with Gasteiger partial charge >= 0.3 is 0 Å². The van der Waals surface area contributed by atoms with Gasteiger partial charge in [-0.1, -0.05) is 0 Å². The summed E-state index contributed by atoms with van der Waals surface area (Å²) in [5, 5.41) is 6.82. The van der Waals surface area contributed by atoms with Crippen molar-refractivity contribution < 1.29 is 9.59 Å². The van der Waals surface area contributed by atoms with Crippen LogP contribution in [0, 0.1) is 0 Å². The maximum atomic E-state index is 12.2. The summed E-state index contributed by atoms with van der Waals surface area (Å²) < 4.78 is 1.58. The highest BCUT2D eigenvalue weighted by Gasteiger charge is 2.19. The van der Waals surface area contributed by atoms with Gasteiger partial charge in [0.25, 0.3) is 11.8 Å². The van der Waals surface area contributed by atoms with Gasteiger partial charge in [0.05, 0.1) is 0 Å². The molecule has 0 aliphatic carbocycles. The lowest BCUT2D eigenvalue weighted by molar-refractivity contribution is 0.0792. The van der Waals surface area contributed by atoms with E-state index < -0.39 is 0 Å². The zero-order chi connectivity index (χ0) is 15.5. The molecule has 0 radical (unpaired) electrons. The second-order valence-corrected chi connectivity index (χ2v) is 5.41. The molecule has 0 atom stereocenters. The fourth-order valence-electron chi connectivity index (χ4n) is 2.53. The molecule has 0 unspecified atom stereocenters. The van der Waals surface area contributed by atoms with Crippen LogP contribution in [-0.2, 0) is 7.05 Å². The largest absolute Gasteiger partial charge is 0.339 e. The molecule has 1 aliphatic heterocycles. The number of hydrogen-bond donors (Lipinski definition) is 1. The Hall–Kier alpha value is -2.63. The van der Waals surface area contributed by atoms with Gasteiger partial charge in [0.1, 0.15) is 0 Å². The number of rotatable bonds is 3. The predicted octanol–water partition coefficient (Wildman–Crippen LogP) is 1.91. The van der Waals surface area contributed by atoms with Gasteiger partial charge in [0.15, 0.2) is 5.69 Å². The molecule has 2 amide bonds. The zero-order valence-electron chi connectivity index (χ0n) is 12.5. The highest BCUT2D eigenvalue weighted by Crippen LogP contribution is 2.15. The topological polar surface area (TPSA) is 67.2 Å². The summed E-state index contributed by atoms with van der Waals surface area (Å²) in [5.41, 5.74) is 1.66. The van der Waals surface area contributed by atoms with Crippen LogP contribution in [0.4, 0.5) is 5.69 Å². The molecule has 0 saturated carbocycles. The number of nitrogens with zero attached hydrogens (tertiary/aromatic N) is 3. The van der Waals surface area contributed by atoms with Crippen LogP contribution in [0.3, 0.4) is 0 Å². The molecule has 1 N–H and O–H groups in total. The zero-order valence-corrected chi connectivity index (χ0v) is 12.5. The SMILES string of the molecule is Cn1ccc(C(=O)Nc2ccc(C(=O)N3CCCC3)cc2)n1. The molecule has 114 valence electrons. The van der Waals surface area contributed by atoms with Crippen molar-refractivity contribution in [1.29, 1.82) is 0 Å². The lowest BCUT2D eigenvalue weighted by atomic mass is 10.2. The molecule has 0 bridgehead atoms. The standard InChI is InChI=1S/C16H18N4O2/c1-19-11-8-14(18-19)15(21)17-13-6-4-12(5-7-13)16(22)20-9-2-3-10-20/h4-8,11H,2-3,9-10H2,1H3,(H,17,21). The molecule has 1 aliphatic rings. The first kappa shape index (κ1) is 14.3. The molecule has 2 aromatic rings. The van der Waals surface area contributed by atoms with E-state index in [0.29, 0.717) is 16.9 Å². The smallest absolute Gasteiger partial charge is 0.276 e. The van der Waals surface area contributed by atoms with E-state index in [1.165, 1.54) is 0 Å². The van der Waals surface area contributed by atoms with E-state index in [4.69, 9.17) is 0 Å². The highest BCUT2D eigenvalue weighted by atomic mass is 16.2. The van der Waals surface area contributed by atoms with Crippen LogP contribution in [0.15, 0.2) is 36.5 Å². The van der Waals surface area contributed by atoms with Crippen LogP contribution in [0.25, 0.3) is 0 Å². The van der Waals surface area contributed by atoms with Gasteiger partial charge in [-0.25, -0.2) is 0 Å². The number of aryl methyl sites for hydroxylation is 1. The molecule has 1 aromatic heterocycles. The third kappa shape index (κ3) is 3.00. The quantitative estimate of drug-likeness (QED) is 0.941. The molecule has 6 heteroatoms. The summed E-state index contributed by atoms with van der Waals surface area (Å²) in [6, 6.07) is 8.62. The molecule has 0 spiro atoms. The van der Waals surface area contributed by atoms with Crippen molar-refractivity contribution in [2.24, 2.45) is 7.05 Å². The van der Waals surface area contributed by atoms with Gasteiger partial charge in [0, 0.05) is 37.6 Å². The van der Waals surface area contributed by atoms with Crippen LogP contribution in [0.1, 0.15) is 33.7 Å².